The number of nitrogens with one attached hydrogen (secondary N) is 1. The van der Waals surface area contributed by atoms with Crippen LogP contribution in [0.3, 0.4) is 0 Å². The van der Waals surface area contributed by atoms with Gasteiger partial charge < -0.3 is 9.64 Å². The monoisotopic (exact) mass is 424 g/mol. The lowest BCUT2D eigenvalue weighted by Crippen LogP contribution is -3.14. The zero-order valence-electron chi connectivity index (χ0n) is 18.0. The molecule has 5 nitrogen and oxygen atoms in total. The number of para-hydroxylation sites is 1. The van der Waals surface area contributed by atoms with E-state index < -0.39 is 0 Å². The van der Waals surface area contributed by atoms with Gasteiger partial charge in [0.05, 0.1) is 36.5 Å². The third kappa shape index (κ3) is 4.41. The molecule has 3 aromatic rings. The van der Waals surface area contributed by atoms with E-state index in [4.69, 9.17) is 9.72 Å². The van der Waals surface area contributed by atoms with Crippen molar-refractivity contribution < 1.29 is 14.4 Å². The molecule has 6 heteroatoms. The predicted octanol–water partition coefficient (Wildman–Crippen LogP) is 3.04. The van der Waals surface area contributed by atoms with E-state index in [0.717, 1.165) is 71.3 Å². The molecule has 0 aliphatic carbocycles. The van der Waals surface area contributed by atoms with Crippen LogP contribution >= 0.6 is 11.3 Å². The predicted molar refractivity (Wildman–Crippen MR) is 123 cm³/mol. The highest BCUT2D eigenvalue weighted by Crippen LogP contribution is 2.32. The van der Waals surface area contributed by atoms with E-state index in [-0.39, 0.29) is 5.91 Å². The summed E-state index contributed by atoms with van der Waals surface area (Å²) in [5.41, 5.74) is 5.12. The van der Waals surface area contributed by atoms with Crippen LogP contribution in [0.25, 0.3) is 10.2 Å². The van der Waals surface area contributed by atoms with Gasteiger partial charge in [-0.2, -0.15) is 0 Å². The maximum Gasteiger partial charge on any atom is 0.260 e. The van der Waals surface area contributed by atoms with Crippen LogP contribution in [0.1, 0.15) is 34.0 Å². The summed E-state index contributed by atoms with van der Waals surface area (Å²) in [6.45, 7) is 11.3. The molecule has 0 bridgehead atoms. The molecular weight excluding hydrogens is 394 g/mol. The molecule has 0 radical (unpaired) electrons. The Labute approximate surface area is 182 Å². The molecule has 30 heavy (non-hydrogen) atoms. The van der Waals surface area contributed by atoms with Gasteiger partial charge in [-0.3, -0.25) is 9.69 Å². The van der Waals surface area contributed by atoms with Gasteiger partial charge in [0.1, 0.15) is 13.1 Å². The highest BCUT2D eigenvalue weighted by atomic mass is 32.1. The van der Waals surface area contributed by atoms with E-state index in [0.29, 0.717) is 6.54 Å². The summed E-state index contributed by atoms with van der Waals surface area (Å²) < 4.78 is 6.63. The number of carbonyl (C=O) groups is 1. The summed E-state index contributed by atoms with van der Waals surface area (Å²) in [6.07, 6.45) is 0.934. The van der Waals surface area contributed by atoms with E-state index in [2.05, 4.69) is 31.2 Å². The van der Waals surface area contributed by atoms with Crippen LogP contribution in [0.15, 0.2) is 36.4 Å². The number of benzene rings is 2. The average molecular weight is 425 g/mol. The van der Waals surface area contributed by atoms with Crippen LogP contribution in [-0.4, -0.2) is 50.3 Å². The number of rotatable bonds is 6. The summed E-state index contributed by atoms with van der Waals surface area (Å²) in [4.78, 5) is 22.0. The number of aromatic nitrogens is 1. The van der Waals surface area contributed by atoms with Gasteiger partial charge in [-0.25, -0.2) is 4.98 Å². The quantitative estimate of drug-likeness (QED) is 0.662. The van der Waals surface area contributed by atoms with Gasteiger partial charge in [0.15, 0.2) is 5.13 Å². The minimum atomic E-state index is 0.0426. The summed E-state index contributed by atoms with van der Waals surface area (Å²) in [5, 5.41) is 0.796. The Morgan fingerprint density at radius 3 is 2.77 bits per heavy atom. The minimum absolute atomic E-state index is 0.0426. The Morgan fingerprint density at radius 2 is 2.00 bits per heavy atom. The number of fused-ring (bicyclic) bond motifs is 1. The summed E-state index contributed by atoms with van der Waals surface area (Å²) in [6, 6.07) is 12.4. The van der Waals surface area contributed by atoms with E-state index in [1.165, 1.54) is 10.5 Å². The number of hydrogen-bond donors (Lipinski definition) is 1. The number of morpholine rings is 1. The number of carbonyl (C=O) groups excluding carboxylic acids is 1. The van der Waals surface area contributed by atoms with E-state index >= 15 is 0 Å². The third-order valence-electron chi connectivity index (χ3n) is 5.86. The summed E-state index contributed by atoms with van der Waals surface area (Å²) in [7, 11) is 0. The van der Waals surface area contributed by atoms with Gasteiger partial charge in [0.2, 0.25) is 0 Å². The van der Waals surface area contributed by atoms with Gasteiger partial charge in [-0.15, -0.1) is 0 Å². The Kier molecular flexibility index (Phi) is 6.46. The van der Waals surface area contributed by atoms with Crippen LogP contribution in [0.5, 0.6) is 0 Å². The normalized spacial score (nSPS) is 14.9. The van der Waals surface area contributed by atoms with Crippen molar-refractivity contribution in [1.29, 1.82) is 0 Å². The highest BCUT2D eigenvalue weighted by molar-refractivity contribution is 7.22. The smallest absolute Gasteiger partial charge is 0.260 e. The standard InChI is InChI=1S/C24H29N3O2S/c1-4-19-6-5-7-21-22(19)25-24(30-21)27(11-10-26-12-14-29-15-13-26)23(28)20-16-17(2)8-9-18(20)3/h5-9,16H,4,10-15H2,1-3H3/p+1. The van der Waals surface area contributed by atoms with Crippen LogP contribution < -0.4 is 9.80 Å². The second-order valence-corrected chi connectivity index (χ2v) is 9.01. The van der Waals surface area contributed by atoms with Gasteiger partial charge in [0, 0.05) is 5.56 Å². The summed E-state index contributed by atoms with van der Waals surface area (Å²) in [5.74, 6) is 0.0426. The molecule has 158 valence electrons. The van der Waals surface area contributed by atoms with Crippen molar-refractivity contribution in [2.24, 2.45) is 0 Å². The van der Waals surface area contributed by atoms with E-state index in [9.17, 15) is 4.79 Å². The average Bonchev–Trinajstić information content (AvgIpc) is 3.20. The van der Waals surface area contributed by atoms with Crippen molar-refractivity contribution in [2.45, 2.75) is 27.2 Å². The fourth-order valence-corrected chi connectivity index (χ4v) is 5.01. The first kappa shape index (κ1) is 21.0. The van der Waals surface area contributed by atoms with E-state index in [1.807, 2.05) is 30.9 Å². The van der Waals surface area contributed by atoms with Crippen molar-refractivity contribution in [2.75, 3.05) is 44.3 Å². The molecule has 1 fully saturated rings. The lowest BCUT2D eigenvalue weighted by molar-refractivity contribution is -0.906. The van der Waals surface area contributed by atoms with Gasteiger partial charge in [0.25, 0.3) is 5.91 Å². The first-order valence-corrected chi connectivity index (χ1v) is 11.6. The fourth-order valence-electron chi connectivity index (χ4n) is 3.97. The van der Waals surface area contributed by atoms with Crippen molar-refractivity contribution >= 4 is 32.6 Å². The third-order valence-corrected chi connectivity index (χ3v) is 6.90. The molecule has 1 aliphatic heterocycles. The summed E-state index contributed by atoms with van der Waals surface area (Å²) >= 11 is 1.61. The number of quaternary nitrogens is 1. The molecule has 2 aromatic carbocycles. The van der Waals surface area contributed by atoms with Crippen molar-refractivity contribution in [3.8, 4) is 0 Å². The maximum atomic E-state index is 13.7. The number of ether oxygens (including phenoxy) is 1. The van der Waals surface area contributed by atoms with Crippen LogP contribution in [0, 0.1) is 13.8 Å². The van der Waals surface area contributed by atoms with Crippen molar-refractivity contribution in [3.63, 3.8) is 0 Å². The number of hydrogen-bond acceptors (Lipinski definition) is 4. The minimum Gasteiger partial charge on any atom is -0.370 e. The number of aryl methyl sites for hydroxylation is 3. The zero-order valence-corrected chi connectivity index (χ0v) is 18.8. The van der Waals surface area contributed by atoms with E-state index in [1.54, 1.807) is 11.3 Å². The molecular formula is C24H30N3O2S+. The molecule has 1 aromatic heterocycles. The van der Waals surface area contributed by atoms with Crippen molar-refractivity contribution in [1.82, 2.24) is 4.98 Å². The van der Waals surface area contributed by atoms with Gasteiger partial charge in [-0.1, -0.05) is 48.1 Å². The Morgan fingerprint density at radius 1 is 1.20 bits per heavy atom. The number of amides is 1. The molecule has 0 saturated carbocycles. The molecule has 1 amide bonds. The Hall–Kier alpha value is -2.28. The second kappa shape index (κ2) is 9.25. The molecule has 0 atom stereocenters. The number of nitrogens with zero attached hydrogens (tertiary/aromatic N) is 2. The second-order valence-electron chi connectivity index (χ2n) is 8.00. The van der Waals surface area contributed by atoms with Crippen LogP contribution in [-0.2, 0) is 11.2 Å². The lowest BCUT2D eigenvalue weighted by atomic mass is 10.0. The maximum absolute atomic E-state index is 13.7. The SMILES string of the molecule is CCc1cccc2sc(N(CC[NH+]3CCOCC3)C(=O)c3cc(C)ccc3C)nc12. The molecule has 0 unspecified atom stereocenters. The Balaban J connectivity index is 1.69. The molecule has 2 heterocycles. The number of thiazole rings is 1. The zero-order chi connectivity index (χ0) is 21.1. The molecule has 1 saturated heterocycles. The van der Waals surface area contributed by atoms with Gasteiger partial charge >= 0.3 is 0 Å². The Bertz CT molecular complexity index is 1040. The molecule has 0 spiro atoms. The van der Waals surface area contributed by atoms with Crippen molar-refractivity contribution in [3.05, 3.63) is 58.7 Å². The first-order valence-electron chi connectivity index (χ1n) is 10.8. The largest absolute Gasteiger partial charge is 0.370 e. The molecule has 1 aliphatic rings. The first-order chi connectivity index (χ1) is 14.6. The van der Waals surface area contributed by atoms with Crippen LogP contribution in [0.4, 0.5) is 5.13 Å². The molecule has 1 N–H and O–H groups in total. The van der Waals surface area contributed by atoms with Crippen LogP contribution in [0.2, 0.25) is 0 Å². The lowest BCUT2D eigenvalue weighted by Gasteiger charge is -2.27. The topological polar surface area (TPSA) is 46.9 Å². The fraction of sp³-hybridized carbons (Fsp3) is 0.417. The highest BCUT2D eigenvalue weighted by Gasteiger charge is 2.25. The van der Waals surface area contributed by atoms with Gasteiger partial charge in [-0.05, 0) is 43.5 Å². The molecule has 4 rings (SSSR count). The number of anilines is 1.